The number of fused-ring (bicyclic) bond motifs is 1. The topological polar surface area (TPSA) is 120 Å². The van der Waals surface area contributed by atoms with Crippen molar-refractivity contribution in [3.63, 3.8) is 0 Å². The Labute approximate surface area is 199 Å². The van der Waals surface area contributed by atoms with Gasteiger partial charge in [0.25, 0.3) is 5.91 Å². The molecule has 2 aromatic rings. The second-order valence-corrected chi connectivity index (χ2v) is 12.3. The molecule has 3 fully saturated rings. The maximum atomic E-state index is 13.3. The van der Waals surface area contributed by atoms with E-state index in [0.29, 0.717) is 28.7 Å². The van der Waals surface area contributed by atoms with Crippen molar-refractivity contribution in [1.29, 1.82) is 0 Å². The Kier molecular flexibility index (Phi) is 6.12. The zero-order valence-electron chi connectivity index (χ0n) is 19.7. The van der Waals surface area contributed by atoms with E-state index in [4.69, 9.17) is 9.72 Å². The molecule has 0 radical (unpaired) electrons. The molecule has 0 unspecified atom stereocenters. The summed E-state index contributed by atoms with van der Waals surface area (Å²) in [6, 6.07) is 1.60. The lowest BCUT2D eigenvalue weighted by molar-refractivity contribution is -0.130. The monoisotopic (exact) mass is 488 g/mol. The molecule has 0 aromatic carbocycles. The molecule has 3 aliphatic rings. The van der Waals surface area contributed by atoms with Gasteiger partial charge in [0, 0.05) is 17.7 Å². The van der Waals surface area contributed by atoms with Gasteiger partial charge in [-0.3, -0.25) is 4.79 Å². The second-order valence-electron chi connectivity index (χ2n) is 10.0. The van der Waals surface area contributed by atoms with Crippen molar-refractivity contribution < 1.29 is 22.7 Å². The van der Waals surface area contributed by atoms with Gasteiger partial charge < -0.3 is 10.1 Å². The molecule has 1 saturated heterocycles. The van der Waals surface area contributed by atoms with Gasteiger partial charge >= 0.3 is 5.97 Å². The second kappa shape index (κ2) is 8.94. The molecule has 2 saturated carbocycles. The number of nitrogens with zero attached hydrogens (tertiary/aromatic N) is 3. The fraction of sp³-hybridized carbons (Fsp3) is 0.667. The first-order chi connectivity index (χ1) is 16.2. The van der Waals surface area contributed by atoms with E-state index >= 15 is 0 Å². The summed E-state index contributed by atoms with van der Waals surface area (Å²) in [5.41, 5.74) is 2.25. The molecule has 34 heavy (non-hydrogen) atoms. The van der Waals surface area contributed by atoms with Crippen LogP contribution in [-0.2, 0) is 19.4 Å². The molecule has 2 aliphatic carbocycles. The summed E-state index contributed by atoms with van der Waals surface area (Å²) < 4.78 is 31.4. The van der Waals surface area contributed by atoms with Gasteiger partial charge in [0.2, 0.25) is 0 Å². The van der Waals surface area contributed by atoms with Crippen LogP contribution in [0.2, 0.25) is 0 Å². The van der Waals surface area contributed by atoms with Crippen LogP contribution in [0.5, 0.6) is 0 Å². The molecule has 2 atom stereocenters. The third-order valence-corrected chi connectivity index (χ3v) is 8.98. The first-order valence-electron chi connectivity index (χ1n) is 12.3. The minimum atomic E-state index is -3.11. The number of esters is 1. The molecule has 3 heterocycles. The quantitative estimate of drug-likeness (QED) is 0.621. The fourth-order valence-electron chi connectivity index (χ4n) is 5.15. The summed E-state index contributed by atoms with van der Waals surface area (Å²) in [5.74, 6) is -0.433. The van der Waals surface area contributed by atoms with Crippen molar-refractivity contribution in [3.05, 3.63) is 23.0 Å². The third kappa shape index (κ3) is 4.69. The Hall–Kier alpha value is -2.49. The Balaban J connectivity index is 1.43. The van der Waals surface area contributed by atoms with Crippen LogP contribution in [0, 0.1) is 6.92 Å². The highest BCUT2D eigenvalue weighted by Crippen LogP contribution is 2.41. The average molecular weight is 489 g/mol. The lowest BCUT2D eigenvalue weighted by Crippen LogP contribution is -2.42. The standard InChI is InChI=1S/C24H32N4O5S/c1-14-21-19(24(30)33-15(2)23(29)25-17-6-4-3-5-7-17)12-20(16-8-9-16)26-22(21)28(27-14)18-10-11-34(31,32)13-18/h12,15-18H,3-11,13H2,1-2H3,(H,25,29)/t15-,18-/m0/s1. The van der Waals surface area contributed by atoms with E-state index in [1.54, 1.807) is 24.6 Å². The smallest absolute Gasteiger partial charge is 0.339 e. The van der Waals surface area contributed by atoms with Crippen LogP contribution in [0.1, 0.15) is 92.0 Å². The predicted octanol–water partition coefficient (Wildman–Crippen LogP) is 2.97. The van der Waals surface area contributed by atoms with Crippen LogP contribution < -0.4 is 5.32 Å². The van der Waals surface area contributed by atoms with Crippen molar-refractivity contribution in [2.75, 3.05) is 11.5 Å². The molecule has 0 bridgehead atoms. The lowest BCUT2D eigenvalue weighted by atomic mass is 9.95. The highest BCUT2D eigenvalue weighted by Gasteiger charge is 2.34. The summed E-state index contributed by atoms with van der Waals surface area (Å²) in [4.78, 5) is 30.7. The number of pyridine rings is 1. The van der Waals surface area contributed by atoms with Gasteiger partial charge in [-0.2, -0.15) is 5.10 Å². The number of carbonyl (C=O) groups is 2. The van der Waals surface area contributed by atoms with Gasteiger partial charge in [-0.05, 0) is 52.0 Å². The van der Waals surface area contributed by atoms with Crippen LogP contribution in [0.25, 0.3) is 11.0 Å². The number of sulfone groups is 1. The van der Waals surface area contributed by atoms with Crippen LogP contribution in [0.3, 0.4) is 0 Å². The zero-order chi connectivity index (χ0) is 24.0. The van der Waals surface area contributed by atoms with Gasteiger partial charge in [0.15, 0.2) is 21.6 Å². The summed E-state index contributed by atoms with van der Waals surface area (Å²) in [6.07, 6.45) is 6.86. The number of hydrogen-bond donors (Lipinski definition) is 1. The van der Waals surface area contributed by atoms with Gasteiger partial charge in [-0.15, -0.1) is 0 Å². The highest BCUT2D eigenvalue weighted by molar-refractivity contribution is 7.91. The van der Waals surface area contributed by atoms with Crippen molar-refractivity contribution in [2.24, 2.45) is 0 Å². The summed E-state index contributed by atoms with van der Waals surface area (Å²) in [6.45, 7) is 3.38. The van der Waals surface area contributed by atoms with Crippen molar-refractivity contribution >= 4 is 32.7 Å². The van der Waals surface area contributed by atoms with E-state index in [9.17, 15) is 18.0 Å². The van der Waals surface area contributed by atoms with Gasteiger partial charge in [-0.1, -0.05) is 19.3 Å². The number of nitrogens with one attached hydrogen (secondary N) is 1. The number of aryl methyl sites for hydroxylation is 1. The number of hydrogen-bond acceptors (Lipinski definition) is 7. The first-order valence-corrected chi connectivity index (χ1v) is 14.2. The van der Waals surface area contributed by atoms with E-state index in [0.717, 1.165) is 44.2 Å². The number of ether oxygens (including phenoxy) is 1. The van der Waals surface area contributed by atoms with E-state index < -0.39 is 21.9 Å². The van der Waals surface area contributed by atoms with Gasteiger partial charge in [0.1, 0.15) is 0 Å². The summed E-state index contributed by atoms with van der Waals surface area (Å²) in [7, 11) is -3.11. The van der Waals surface area contributed by atoms with Crippen molar-refractivity contribution in [3.8, 4) is 0 Å². The van der Waals surface area contributed by atoms with Crippen LogP contribution >= 0.6 is 0 Å². The summed E-state index contributed by atoms with van der Waals surface area (Å²) >= 11 is 0. The normalized spacial score (nSPS) is 23.6. The Bertz CT molecular complexity index is 1230. The van der Waals surface area contributed by atoms with Crippen LogP contribution in [0.4, 0.5) is 0 Å². The minimum Gasteiger partial charge on any atom is -0.449 e. The molecule has 0 spiro atoms. The fourth-order valence-corrected chi connectivity index (χ4v) is 6.84. The highest BCUT2D eigenvalue weighted by atomic mass is 32.2. The molecular weight excluding hydrogens is 456 g/mol. The molecule has 1 amide bonds. The minimum absolute atomic E-state index is 0.0245. The largest absolute Gasteiger partial charge is 0.449 e. The Morgan fingerprint density at radius 2 is 1.88 bits per heavy atom. The molecule has 1 aliphatic heterocycles. The molecular formula is C24H32N4O5S. The van der Waals surface area contributed by atoms with Gasteiger partial charge in [-0.25, -0.2) is 22.9 Å². The molecule has 184 valence electrons. The molecule has 1 N–H and O–H groups in total. The maximum absolute atomic E-state index is 13.3. The summed E-state index contributed by atoms with van der Waals surface area (Å²) in [5, 5.41) is 8.17. The molecule has 2 aromatic heterocycles. The van der Waals surface area contributed by atoms with Crippen LogP contribution in [-0.4, -0.2) is 58.7 Å². The molecule has 9 nitrogen and oxygen atoms in total. The maximum Gasteiger partial charge on any atom is 0.339 e. The van der Waals surface area contributed by atoms with E-state index in [2.05, 4.69) is 10.4 Å². The zero-order valence-corrected chi connectivity index (χ0v) is 20.6. The molecule has 5 rings (SSSR count). The SMILES string of the molecule is Cc1nn([C@H]2CCS(=O)(=O)C2)c2nc(C3CC3)cc(C(=O)O[C@@H](C)C(=O)NC3CCCCC3)c12. The Morgan fingerprint density at radius 3 is 2.53 bits per heavy atom. The van der Waals surface area contributed by atoms with E-state index in [1.165, 1.54) is 6.42 Å². The predicted molar refractivity (Wildman–Crippen MR) is 126 cm³/mol. The number of aromatic nitrogens is 3. The number of carbonyl (C=O) groups excluding carboxylic acids is 2. The lowest BCUT2D eigenvalue weighted by Gasteiger charge is -2.24. The first kappa shape index (κ1) is 23.3. The average Bonchev–Trinajstić information content (AvgIpc) is 3.52. The van der Waals surface area contributed by atoms with Crippen molar-refractivity contribution in [1.82, 2.24) is 20.1 Å². The van der Waals surface area contributed by atoms with E-state index in [-0.39, 0.29) is 35.4 Å². The third-order valence-electron chi connectivity index (χ3n) is 7.23. The Morgan fingerprint density at radius 1 is 1.15 bits per heavy atom. The number of amides is 1. The van der Waals surface area contributed by atoms with E-state index in [1.807, 2.05) is 0 Å². The molecule has 10 heteroatoms. The number of rotatable bonds is 6. The van der Waals surface area contributed by atoms with Gasteiger partial charge in [0.05, 0.1) is 34.2 Å². The van der Waals surface area contributed by atoms with Crippen LogP contribution in [0.15, 0.2) is 6.07 Å². The van der Waals surface area contributed by atoms with Crippen molar-refractivity contribution in [2.45, 2.75) is 89.3 Å².